The molecule has 0 spiro atoms. The molecule has 0 unspecified atom stereocenters. The molecule has 2 nitrogen and oxygen atoms in total. The van der Waals surface area contributed by atoms with E-state index in [4.69, 9.17) is 0 Å². The van der Waals surface area contributed by atoms with Crippen LogP contribution >= 0.6 is 0 Å². The van der Waals surface area contributed by atoms with Crippen LogP contribution in [0.2, 0.25) is 0 Å². The van der Waals surface area contributed by atoms with Crippen molar-refractivity contribution in [1.82, 2.24) is 9.97 Å². The predicted molar refractivity (Wildman–Crippen MR) is 58.1 cm³/mol. The Kier molecular flexibility index (Phi) is 2.44. The fourth-order valence-corrected chi connectivity index (χ4v) is 1.63. The van der Waals surface area contributed by atoms with E-state index in [0.29, 0.717) is 5.92 Å². The van der Waals surface area contributed by atoms with Gasteiger partial charge in [0.05, 0.1) is 0 Å². The summed E-state index contributed by atoms with van der Waals surface area (Å²) in [5, 5.41) is 2.41. The van der Waals surface area contributed by atoms with Crippen LogP contribution in [0.1, 0.15) is 19.5 Å². The highest BCUT2D eigenvalue weighted by Gasteiger charge is 2.03. The topological polar surface area (TPSA) is 25.8 Å². The molecule has 0 aromatic carbocycles. The molecule has 0 aliphatic carbocycles. The lowest BCUT2D eigenvalue weighted by Gasteiger charge is -2.06. The number of hydrogen-bond donors (Lipinski definition) is 0. The molecule has 0 atom stereocenters. The molecular formula is C12H14N2. The molecule has 0 saturated heterocycles. The van der Waals surface area contributed by atoms with E-state index in [1.54, 1.807) is 0 Å². The second-order valence-corrected chi connectivity index (χ2v) is 3.95. The first-order valence-corrected chi connectivity index (χ1v) is 4.95. The lowest BCUT2D eigenvalue weighted by atomic mass is 10.0. The molecule has 72 valence electrons. The Morgan fingerprint density at radius 1 is 1.21 bits per heavy atom. The van der Waals surface area contributed by atoms with Gasteiger partial charge in [-0.25, -0.2) is 0 Å². The lowest BCUT2D eigenvalue weighted by Crippen LogP contribution is -1.98. The molecule has 14 heavy (non-hydrogen) atoms. The van der Waals surface area contributed by atoms with Gasteiger partial charge >= 0.3 is 0 Å². The number of pyridine rings is 2. The predicted octanol–water partition coefficient (Wildman–Crippen LogP) is 2.83. The van der Waals surface area contributed by atoms with Crippen LogP contribution in [-0.2, 0) is 6.42 Å². The van der Waals surface area contributed by atoms with Crippen LogP contribution in [0.15, 0.2) is 30.7 Å². The van der Waals surface area contributed by atoms with Crippen molar-refractivity contribution in [2.24, 2.45) is 5.92 Å². The molecule has 0 N–H and O–H groups in total. The zero-order valence-electron chi connectivity index (χ0n) is 8.57. The van der Waals surface area contributed by atoms with E-state index in [0.717, 1.165) is 6.42 Å². The minimum absolute atomic E-state index is 0.640. The highest BCUT2D eigenvalue weighted by molar-refractivity contribution is 5.83. The van der Waals surface area contributed by atoms with Gasteiger partial charge in [0.1, 0.15) is 0 Å². The minimum atomic E-state index is 0.640. The Morgan fingerprint density at radius 2 is 2.07 bits per heavy atom. The number of rotatable bonds is 2. The first-order chi connectivity index (χ1) is 6.77. The van der Waals surface area contributed by atoms with Crippen molar-refractivity contribution in [2.75, 3.05) is 0 Å². The zero-order chi connectivity index (χ0) is 9.97. The van der Waals surface area contributed by atoms with Crippen LogP contribution in [0, 0.1) is 5.92 Å². The second kappa shape index (κ2) is 3.74. The molecule has 0 fully saturated rings. The van der Waals surface area contributed by atoms with Gasteiger partial charge in [0.15, 0.2) is 0 Å². The van der Waals surface area contributed by atoms with Crippen LogP contribution in [0.4, 0.5) is 0 Å². The summed E-state index contributed by atoms with van der Waals surface area (Å²) in [6, 6.07) is 4.05. The third-order valence-corrected chi connectivity index (χ3v) is 2.25. The van der Waals surface area contributed by atoms with Gasteiger partial charge in [0, 0.05) is 35.1 Å². The number of fused-ring (bicyclic) bond motifs is 1. The molecule has 0 bridgehead atoms. The van der Waals surface area contributed by atoms with E-state index in [2.05, 4.69) is 23.8 Å². The van der Waals surface area contributed by atoms with Gasteiger partial charge in [0.25, 0.3) is 0 Å². The molecule has 2 rings (SSSR count). The Balaban J connectivity index is 2.53. The Labute approximate surface area is 84.0 Å². The van der Waals surface area contributed by atoms with Crippen molar-refractivity contribution in [3.8, 4) is 0 Å². The molecule has 0 radical (unpaired) electrons. The second-order valence-electron chi connectivity index (χ2n) is 3.95. The first-order valence-electron chi connectivity index (χ1n) is 4.95. The molecule has 2 heterocycles. The monoisotopic (exact) mass is 186 g/mol. The Hall–Kier alpha value is -1.44. The van der Waals surface area contributed by atoms with E-state index >= 15 is 0 Å². The molecule has 0 aliphatic heterocycles. The van der Waals surface area contributed by atoms with Gasteiger partial charge in [-0.3, -0.25) is 9.97 Å². The summed E-state index contributed by atoms with van der Waals surface area (Å²) in [5.41, 5.74) is 1.18. The van der Waals surface area contributed by atoms with Crippen molar-refractivity contribution >= 4 is 10.8 Å². The van der Waals surface area contributed by atoms with Gasteiger partial charge in [0.2, 0.25) is 0 Å². The van der Waals surface area contributed by atoms with E-state index in [1.165, 1.54) is 16.5 Å². The molecule has 0 aliphatic rings. The van der Waals surface area contributed by atoms with Crippen LogP contribution in [0.5, 0.6) is 0 Å². The van der Waals surface area contributed by atoms with Gasteiger partial charge in [-0.1, -0.05) is 13.8 Å². The van der Waals surface area contributed by atoms with Crippen LogP contribution in [0.25, 0.3) is 10.8 Å². The summed E-state index contributed by atoms with van der Waals surface area (Å²) in [6.07, 6.45) is 6.61. The standard InChI is InChI=1S/C12H14N2/c1-9(2)7-12-11-4-5-13-8-10(11)3-6-14-12/h3-6,8-9H,7H2,1-2H3. The first kappa shape index (κ1) is 9.13. The molecule has 2 aromatic rings. The van der Waals surface area contributed by atoms with E-state index in [1.807, 2.05) is 30.7 Å². The summed E-state index contributed by atoms with van der Waals surface area (Å²) in [6.45, 7) is 4.42. The summed E-state index contributed by atoms with van der Waals surface area (Å²) in [4.78, 5) is 8.52. The zero-order valence-corrected chi connectivity index (χ0v) is 8.57. The van der Waals surface area contributed by atoms with Gasteiger partial charge < -0.3 is 0 Å². The summed E-state index contributed by atoms with van der Waals surface area (Å²) in [7, 11) is 0. The number of aromatic nitrogens is 2. The van der Waals surface area contributed by atoms with Crippen LogP contribution < -0.4 is 0 Å². The van der Waals surface area contributed by atoms with E-state index in [-0.39, 0.29) is 0 Å². The van der Waals surface area contributed by atoms with Gasteiger partial charge in [-0.15, -0.1) is 0 Å². The normalized spacial score (nSPS) is 11.1. The van der Waals surface area contributed by atoms with Crippen molar-refractivity contribution in [2.45, 2.75) is 20.3 Å². The highest BCUT2D eigenvalue weighted by Crippen LogP contribution is 2.17. The van der Waals surface area contributed by atoms with Crippen molar-refractivity contribution < 1.29 is 0 Å². The maximum absolute atomic E-state index is 4.42. The number of hydrogen-bond acceptors (Lipinski definition) is 2. The van der Waals surface area contributed by atoms with Crippen molar-refractivity contribution in [3.63, 3.8) is 0 Å². The fraction of sp³-hybridized carbons (Fsp3) is 0.333. The van der Waals surface area contributed by atoms with Crippen molar-refractivity contribution in [3.05, 3.63) is 36.4 Å². The summed E-state index contributed by atoms with van der Waals surface area (Å²) in [5.74, 6) is 0.640. The third-order valence-electron chi connectivity index (χ3n) is 2.25. The molecule has 0 amide bonds. The third kappa shape index (κ3) is 1.74. The van der Waals surface area contributed by atoms with E-state index in [9.17, 15) is 0 Å². The summed E-state index contributed by atoms with van der Waals surface area (Å²) < 4.78 is 0. The maximum atomic E-state index is 4.42. The average Bonchev–Trinajstić information content (AvgIpc) is 2.18. The van der Waals surface area contributed by atoms with E-state index < -0.39 is 0 Å². The minimum Gasteiger partial charge on any atom is -0.264 e. The molecular weight excluding hydrogens is 172 g/mol. The SMILES string of the molecule is CC(C)Cc1nccc2cnccc12. The highest BCUT2D eigenvalue weighted by atomic mass is 14.7. The largest absolute Gasteiger partial charge is 0.264 e. The summed E-state index contributed by atoms with van der Waals surface area (Å²) >= 11 is 0. The Morgan fingerprint density at radius 3 is 2.86 bits per heavy atom. The quantitative estimate of drug-likeness (QED) is 0.720. The van der Waals surface area contributed by atoms with Gasteiger partial charge in [-0.2, -0.15) is 0 Å². The van der Waals surface area contributed by atoms with Gasteiger partial charge in [-0.05, 0) is 24.5 Å². The molecule has 2 aromatic heterocycles. The average molecular weight is 186 g/mol. The molecule has 0 saturated carbocycles. The van der Waals surface area contributed by atoms with Crippen LogP contribution in [-0.4, -0.2) is 9.97 Å². The fourth-order valence-electron chi connectivity index (χ4n) is 1.63. The number of nitrogens with zero attached hydrogens (tertiary/aromatic N) is 2. The van der Waals surface area contributed by atoms with Crippen molar-refractivity contribution in [1.29, 1.82) is 0 Å². The van der Waals surface area contributed by atoms with Crippen LogP contribution in [0.3, 0.4) is 0 Å². The maximum Gasteiger partial charge on any atom is 0.0485 e. The molecule has 2 heteroatoms. The lowest BCUT2D eigenvalue weighted by molar-refractivity contribution is 0.639. The smallest absolute Gasteiger partial charge is 0.0485 e. The Bertz CT molecular complexity index is 430.